The average Bonchev–Trinajstić information content (AvgIpc) is 2.54. The number of nitrogens with zero attached hydrogens (tertiary/aromatic N) is 1. The number of aryl methyl sites for hydroxylation is 1. The third kappa shape index (κ3) is 5.71. The van der Waals surface area contributed by atoms with Crippen molar-refractivity contribution in [3.8, 4) is 0 Å². The number of rotatable bonds is 5. The van der Waals surface area contributed by atoms with Gasteiger partial charge in [0.15, 0.2) is 5.11 Å². The molecule has 5 heteroatoms. The molecule has 120 valence electrons. The standard InChI is InChI=1S/C18H21N3OS/c1-21(2)17(22)13-10-14-8-11-16(12-9-14)20-18(23)19-15-6-4-3-5-7-15/h3-9,11-12H,10,13H2,1-2H3,(H2,19,20,23). The first-order valence-corrected chi connectivity index (χ1v) is 7.87. The van der Waals surface area contributed by atoms with Crippen LogP contribution in [0.1, 0.15) is 12.0 Å². The van der Waals surface area contributed by atoms with Crippen molar-refractivity contribution in [3.05, 3.63) is 60.2 Å². The van der Waals surface area contributed by atoms with Crippen LogP contribution < -0.4 is 10.6 Å². The lowest BCUT2D eigenvalue weighted by molar-refractivity contribution is -0.128. The monoisotopic (exact) mass is 327 g/mol. The average molecular weight is 327 g/mol. The van der Waals surface area contributed by atoms with E-state index in [0.29, 0.717) is 11.5 Å². The Hall–Kier alpha value is -2.40. The van der Waals surface area contributed by atoms with Crippen molar-refractivity contribution < 1.29 is 4.79 Å². The fourth-order valence-corrected chi connectivity index (χ4v) is 2.28. The number of nitrogens with one attached hydrogen (secondary N) is 2. The van der Waals surface area contributed by atoms with Crippen molar-refractivity contribution in [3.63, 3.8) is 0 Å². The van der Waals surface area contributed by atoms with Crippen LogP contribution in [0.4, 0.5) is 11.4 Å². The van der Waals surface area contributed by atoms with Gasteiger partial charge in [-0.3, -0.25) is 4.79 Å². The summed E-state index contributed by atoms with van der Waals surface area (Å²) >= 11 is 5.29. The summed E-state index contributed by atoms with van der Waals surface area (Å²) in [5.74, 6) is 0.139. The van der Waals surface area contributed by atoms with Crippen LogP contribution in [-0.4, -0.2) is 30.0 Å². The van der Waals surface area contributed by atoms with Gasteiger partial charge in [0, 0.05) is 31.9 Å². The second-order valence-electron chi connectivity index (χ2n) is 5.43. The van der Waals surface area contributed by atoms with Gasteiger partial charge in [0.25, 0.3) is 0 Å². The largest absolute Gasteiger partial charge is 0.349 e. The smallest absolute Gasteiger partial charge is 0.222 e. The molecule has 0 saturated heterocycles. The predicted octanol–water partition coefficient (Wildman–Crippen LogP) is 3.52. The molecular formula is C18H21N3OS. The van der Waals surface area contributed by atoms with Gasteiger partial charge in [-0.2, -0.15) is 0 Å². The maximum absolute atomic E-state index is 11.6. The van der Waals surface area contributed by atoms with Crippen LogP contribution in [0.15, 0.2) is 54.6 Å². The third-order valence-corrected chi connectivity index (χ3v) is 3.57. The van der Waals surface area contributed by atoms with Crippen molar-refractivity contribution in [2.75, 3.05) is 24.7 Å². The van der Waals surface area contributed by atoms with Gasteiger partial charge in [0.05, 0.1) is 0 Å². The Labute approximate surface area is 142 Å². The second-order valence-corrected chi connectivity index (χ2v) is 5.84. The van der Waals surface area contributed by atoms with Crippen molar-refractivity contribution >= 4 is 34.6 Å². The molecule has 0 saturated carbocycles. The lowest BCUT2D eigenvalue weighted by atomic mass is 10.1. The maximum atomic E-state index is 11.6. The molecule has 2 N–H and O–H groups in total. The number of thiocarbonyl (C=S) groups is 1. The van der Waals surface area contributed by atoms with Gasteiger partial charge in [-0.25, -0.2) is 0 Å². The minimum absolute atomic E-state index is 0.139. The normalized spacial score (nSPS) is 10.0. The quantitative estimate of drug-likeness (QED) is 0.825. The first-order valence-electron chi connectivity index (χ1n) is 7.47. The zero-order chi connectivity index (χ0) is 16.7. The summed E-state index contributed by atoms with van der Waals surface area (Å²) in [4.78, 5) is 13.2. The molecule has 1 amide bonds. The fraction of sp³-hybridized carbons (Fsp3) is 0.222. The second kappa shape index (κ2) is 8.29. The Morgan fingerprint density at radius 3 is 2.09 bits per heavy atom. The van der Waals surface area contributed by atoms with E-state index in [1.54, 1.807) is 19.0 Å². The summed E-state index contributed by atoms with van der Waals surface area (Å²) in [6.45, 7) is 0. The SMILES string of the molecule is CN(C)C(=O)CCc1ccc(NC(=S)Nc2ccccc2)cc1. The van der Waals surface area contributed by atoms with E-state index >= 15 is 0 Å². The summed E-state index contributed by atoms with van der Waals surface area (Å²) in [5, 5.41) is 6.82. The molecule has 0 aliphatic rings. The minimum atomic E-state index is 0.139. The highest BCUT2D eigenvalue weighted by molar-refractivity contribution is 7.80. The summed E-state index contributed by atoms with van der Waals surface area (Å²) in [7, 11) is 3.55. The van der Waals surface area contributed by atoms with E-state index in [0.717, 1.165) is 23.4 Å². The van der Waals surface area contributed by atoms with E-state index in [2.05, 4.69) is 10.6 Å². The highest BCUT2D eigenvalue weighted by atomic mass is 32.1. The van der Waals surface area contributed by atoms with E-state index in [9.17, 15) is 4.79 Å². The molecule has 0 spiro atoms. The predicted molar refractivity (Wildman–Crippen MR) is 99.7 cm³/mol. The summed E-state index contributed by atoms with van der Waals surface area (Å²) in [5.41, 5.74) is 3.00. The number of hydrogen-bond acceptors (Lipinski definition) is 2. The lowest BCUT2D eigenvalue weighted by Gasteiger charge is -2.12. The maximum Gasteiger partial charge on any atom is 0.222 e. The van der Waals surface area contributed by atoms with Crippen LogP contribution in [0.3, 0.4) is 0 Å². The molecule has 0 aliphatic carbocycles. The van der Waals surface area contributed by atoms with Crippen molar-refractivity contribution in [1.29, 1.82) is 0 Å². The zero-order valence-electron chi connectivity index (χ0n) is 13.4. The van der Waals surface area contributed by atoms with E-state index in [4.69, 9.17) is 12.2 Å². The van der Waals surface area contributed by atoms with Crippen LogP contribution in [0, 0.1) is 0 Å². The molecule has 23 heavy (non-hydrogen) atoms. The fourth-order valence-electron chi connectivity index (χ4n) is 2.04. The molecular weight excluding hydrogens is 306 g/mol. The van der Waals surface area contributed by atoms with Crippen LogP contribution in [0.5, 0.6) is 0 Å². The zero-order valence-corrected chi connectivity index (χ0v) is 14.2. The molecule has 2 aromatic carbocycles. The van der Waals surface area contributed by atoms with Crippen LogP contribution in [0.2, 0.25) is 0 Å². The Morgan fingerprint density at radius 2 is 1.52 bits per heavy atom. The van der Waals surface area contributed by atoms with Crippen molar-refractivity contribution in [2.45, 2.75) is 12.8 Å². The van der Waals surface area contributed by atoms with E-state index in [1.165, 1.54) is 0 Å². The Kier molecular flexibility index (Phi) is 6.11. The molecule has 2 aromatic rings. The van der Waals surface area contributed by atoms with Gasteiger partial charge in [-0.05, 0) is 48.5 Å². The Bertz CT molecular complexity index is 654. The molecule has 0 aliphatic heterocycles. The van der Waals surface area contributed by atoms with Gasteiger partial charge < -0.3 is 15.5 Å². The molecule has 4 nitrogen and oxygen atoms in total. The summed E-state index contributed by atoms with van der Waals surface area (Å²) < 4.78 is 0. The van der Waals surface area contributed by atoms with Gasteiger partial charge in [0.2, 0.25) is 5.91 Å². The first kappa shape index (κ1) is 17.0. The molecule has 0 bridgehead atoms. The number of anilines is 2. The van der Waals surface area contributed by atoms with Gasteiger partial charge in [-0.15, -0.1) is 0 Å². The van der Waals surface area contributed by atoms with Crippen molar-refractivity contribution in [2.24, 2.45) is 0 Å². The number of carbonyl (C=O) groups excluding carboxylic acids is 1. The first-order chi connectivity index (χ1) is 11.0. The topological polar surface area (TPSA) is 44.4 Å². The van der Waals surface area contributed by atoms with Crippen LogP contribution >= 0.6 is 12.2 Å². The Balaban J connectivity index is 1.85. The molecule has 0 atom stereocenters. The number of benzene rings is 2. The molecule has 0 aromatic heterocycles. The number of hydrogen-bond donors (Lipinski definition) is 2. The van der Waals surface area contributed by atoms with Crippen molar-refractivity contribution in [1.82, 2.24) is 4.90 Å². The third-order valence-electron chi connectivity index (χ3n) is 3.37. The van der Waals surface area contributed by atoms with Gasteiger partial charge in [-0.1, -0.05) is 30.3 Å². The Morgan fingerprint density at radius 1 is 0.957 bits per heavy atom. The molecule has 0 radical (unpaired) electrons. The number of carbonyl (C=O) groups is 1. The highest BCUT2D eigenvalue weighted by Crippen LogP contribution is 2.13. The summed E-state index contributed by atoms with van der Waals surface area (Å²) in [6.07, 6.45) is 1.26. The minimum Gasteiger partial charge on any atom is -0.349 e. The highest BCUT2D eigenvalue weighted by Gasteiger charge is 2.04. The molecule has 0 heterocycles. The van der Waals surface area contributed by atoms with Crippen LogP contribution in [-0.2, 0) is 11.2 Å². The molecule has 0 unspecified atom stereocenters. The van der Waals surface area contributed by atoms with E-state index < -0.39 is 0 Å². The van der Waals surface area contributed by atoms with Gasteiger partial charge in [0.1, 0.15) is 0 Å². The molecule has 2 rings (SSSR count). The summed E-state index contributed by atoms with van der Waals surface area (Å²) in [6, 6.07) is 17.7. The van der Waals surface area contributed by atoms with Gasteiger partial charge >= 0.3 is 0 Å². The number of para-hydroxylation sites is 1. The lowest BCUT2D eigenvalue weighted by Crippen LogP contribution is -2.21. The number of amides is 1. The van der Waals surface area contributed by atoms with Crippen LogP contribution in [0.25, 0.3) is 0 Å². The molecule has 0 fully saturated rings. The van der Waals surface area contributed by atoms with E-state index in [1.807, 2.05) is 54.6 Å². The van der Waals surface area contributed by atoms with E-state index in [-0.39, 0.29) is 5.91 Å².